The van der Waals surface area contributed by atoms with Crippen molar-refractivity contribution in [1.29, 1.82) is 0 Å². The van der Waals surface area contributed by atoms with Crippen LogP contribution in [0.4, 0.5) is 0 Å². The molecule has 1 aromatic heterocycles. The zero-order valence-electron chi connectivity index (χ0n) is 11.6. The van der Waals surface area contributed by atoms with Crippen LogP contribution in [0.2, 0.25) is 0 Å². The van der Waals surface area contributed by atoms with Gasteiger partial charge < -0.3 is 10.2 Å². The van der Waals surface area contributed by atoms with E-state index >= 15 is 0 Å². The van der Waals surface area contributed by atoms with Crippen LogP contribution in [0.3, 0.4) is 0 Å². The molecule has 3 heteroatoms. The summed E-state index contributed by atoms with van der Waals surface area (Å²) in [6, 6.07) is 4.40. The molecule has 2 N–H and O–H groups in total. The van der Waals surface area contributed by atoms with Crippen LogP contribution in [0, 0.1) is 5.92 Å². The van der Waals surface area contributed by atoms with Crippen molar-refractivity contribution in [2.75, 3.05) is 13.1 Å². The minimum atomic E-state index is 0.149. The van der Waals surface area contributed by atoms with E-state index in [1.807, 2.05) is 6.07 Å². The lowest BCUT2D eigenvalue weighted by Crippen LogP contribution is -2.43. The van der Waals surface area contributed by atoms with Gasteiger partial charge in [0.25, 0.3) is 0 Å². The van der Waals surface area contributed by atoms with Crippen LogP contribution in [0.5, 0.6) is 0 Å². The van der Waals surface area contributed by atoms with Gasteiger partial charge in [-0.15, -0.1) is 0 Å². The first-order valence-electron chi connectivity index (χ1n) is 7.29. The average Bonchev–Trinajstić information content (AvgIpc) is 2.84. The highest BCUT2D eigenvalue weighted by molar-refractivity contribution is 5.08. The zero-order valence-corrected chi connectivity index (χ0v) is 11.6. The van der Waals surface area contributed by atoms with E-state index in [4.69, 9.17) is 10.2 Å². The Labute approximate surface area is 110 Å². The average molecular weight is 250 g/mol. The number of furan rings is 1. The topological polar surface area (TPSA) is 42.4 Å². The molecule has 1 fully saturated rings. The Morgan fingerprint density at radius 3 is 2.67 bits per heavy atom. The monoisotopic (exact) mass is 250 g/mol. The smallest absolute Gasteiger partial charge is 0.122 e. The fraction of sp³-hybridized carbons (Fsp3) is 0.733. The molecule has 18 heavy (non-hydrogen) atoms. The highest BCUT2D eigenvalue weighted by Gasteiger charge is 2.30. The van der Waals surface area contributed by atoms with E-state index in [-0.39, 0.29) is 12.1 Å². The number of likely N-dealkylation sites (N-methyl/N-ethyl adjacent to an activating group) is 1. The van der Waals surface area contributed by atoms with E-state index in [0.29, 0.717) is 0 Å². The van der Waals surface area contributed by atoms with Gasteiger partial charge in [0, 0.05) is 12.6 Å². The third-order valence-corrected chi connectivity index (χ3v) is 4.23. The molecule has 0 aromatic carbocycles. The standard InChI is InChI=1S/C15H26N2O/c1-3-13(16)15(14-9-6-10-18-14)17(4-2)11-12-7-5-8-12/h6,9-10,12-13,15H,3-5,7-8,11,16H2,1-2H3. The van der Waals surface area contributed by atoms with Crippen molar-refractivity contribution in [1.82, 2.24) is 4.90 Å². The second-order valence-corrected chi connectivity index (χ2v) is 5.42. The Kier molecular flexibility index (Phi) is 4.84. The van der Waals surface area contributed by atoms with E-state index in [0.717, 1.165) is 31.2 Å². The molecule has 0 amide bonds. The highest BCUT2D eigenvalue weighted by Crippen LogP contribution is 2.32. The van der Waals surface area contributed by atoms with Crippen molar-refractivity contribution < 1.29 is 4.42 Å². The lowest BCUT2D eigenvalue weighted by molar-refractivity contribution is 0.107. The number of hydrogen-bond donors (Lipinski definition) is 1. The van der Waals surface area contributed by atoms with Gasteiger partial charge in [-0.05, 0) is 43.9 Å². The number of nitrogens with zero attached hydrogens (tertiary/aromatic N) is 1. The van der Waals surface area contributed by atoms with Crippen molar-refractivity contribution in [3.63, 3.8) is 0 Å². The summed E-state index contributed by atoms with van der Waals surface area (Å²) >= 11 is 0. The molecule has 1 saturated carbocycles. The van der Waals surface area contributed by atoms with Gasteiger partial charge in [-0.2, -0.15) is 0 Å². The third kappa shape index (κ3) is 2.96. The summed E-state index contributed by atoms with van der Waals surface area (Å²) in [5, 5.41) is 0. The summed E-state index contributed by atoms with van der Waals surface area (Å²) in [6.45, 7) is 6.57. The van der Waals surface area contributed by atoms with Crippen LogP contribution in [-0.2, 0) is 0 Å². The number of rotatable bonds is 7. The zero-order chi connectivity index (χ0) is 13.0. The Balaban J connectivity index is 2.09. The van der Waals surface area contributed by atoms with Crippen LogP contribution in [0.15, 0.2) is 22.8 Å². The lowest BCUT2D eigenvalue weighted by atomic mass is 9.84. The van der Waals surface area contributed by atoms with Crippen LogP contribution in [-0.4, -0.2) is 24.0 Å². The SMILES string of the molecule is CCC(N)C(c1ccco1)N(CC)CC1CCC1. The molecule has 2 unspecified atom stereocenters. The molecule has 1 aliphatic rings. The molecule has 3 nitrogen and oxygen atoms in total. The van der Waals surface area contributed by atoms with E-state index in [1.54, 1.807) is 6.26 Å². The maximum atomic E-state index is 6.32. The predicted molar refractivity (Wildman–Crippen MR) is 74.3 cm³/mol. The first-order valence-corrected chi connectivity index (χ1v) is 7.29. The van der Waals surface area contributed by atoms with E-state index < -0.39 is 0 Å². The molecule has 0 spiro atoms. The van der Waals surface area contributed by atoms with Crippen LogP contribution in [0.25, 0.3) is 0 Å². The minimum Gasteiger partial charge on any atom is -0.468 e. The second kappa shape index (κ2) is 6.39. The Morgan fingerprint density at radius 2 is 2.22 bits per heavy atom. The summed E-state index contributed by atoms with van der Waals surface area (Å²) in [5.74, 6) is 1.89. The summed E-state index contributed by atoms with van der Waals surface area (Å²) in [7, 11) is 0. The summed E-state index contributed by atoms with van der Waals surface area (Å²) in [6.07, 6.45) is 6.88. The van der Waals surface area contributed by atoms with Gasteiger partial charge in [0.15, 0.2) is 0 Å². The fourth-order valence-electron chi connectivity index (χ4n) is 2.79. The summed E-state index contributed by atoms with van der Waals surface area (Å²) in [5.41, 5.74) is 6.32. The van der Waals surface area contributed by atoms with Crippen LogP contribution < -0.4 is 5.73 Å². The molecule has 0 bridgehead atoms. The first-order chi connectivity index (χ1) is 8.76. The largest absolute Gasteiger partial charge is 0.468 e. The summed E-state index contributed by atoms with van der Waals surface area (Å²) < 4.78 is 5.61. The Morgan fingerprint density at radius 1 is 1.44 bits per heavy atom. The Hall–Kier alpha value is -0.800. The molecule has 0 saturated heterocycles. The maximum Gasteiger partial charge on any atom is 0.122 e. The van der Waals surface area contributed by atoms with E-state index in [2.05, 4.69) is 24.8 Å². The van der Waals surface area contributed by atoms with Gasteiger partial charge in [-0.25, -0.2) is 0 Å². The first kappa shape index (κ1) is 13.6. The third-order valence-electron chi connectivity index (χ3n) is 4.23. The predicted octanol–water partition coefficient (Wildman–Crippen LogP) is 3.18. The van der Waals surface area contributed by atoms with Crippen molar-refractivity contribution in [3.05, 3.63) is 24.2 Å². The van der Waals surface area contributed by atoms with Gasteiger partial charge in [0.1, 0.15) is 5.76 Å². The van der Waals surface area contributed by atoms with Crippen molar-refractivity contribution in [2.24, 2.45) is 11.7 Å². The minimum absolute atomic E-state index is 0.149. The van der Waals surface area contributed by atoms with Crippen LogP contribution in [0.1, 0.15) is 51.3 Å². The van der Waals surface area contributed by atoms with Gasteiger partial charge in [0.2, 0.25) is 0 Å². The van der Waals surface area contributed by atoms with Crippen molar-refractivity contribution >= 4 is 0 Å². The molecular formula is C15H26N2O. The number of hydrogen-bond acceptors (Lipinski definition) is 3. The van der Waals surface area contributed by atoms with Crippen molar-refractivity contribution in [3.8, 4) is 0 Å². The van der Waals surface area contributed by atoms with Gasteiger partial charge >= 0.3 is 0 Å². The number of nitrogens with two attached hydrogens (primary N) is 1. The molecular weight excluding hydrogens is 224 g/mol. The van der Waals surface area contributed by atoms with E-state index in [1.165, 1.54) is 19.3 Å². The quantitative estimate of drug-likeness (QED) is 0.808. The lowest BCUT2D eigenvalue weighted by Gasteiger charge is -2.38. The molecule has 2 atom stereocenters. The fourth-order valence-corrected chi connectivity index (χ4v) is 2.79. The normalized spacial score (nSPS) is 19.8. The highest BCUT2D eigenvalue weighted by atomic mass is 16.3. The Bertz CT molecular complexity index is 332. The van der Waals surface area contributed by atoms with Gasteiger partial charge in [-0.3, -0.25) is 4.90 Å². The maximum absolute atomic E-state index is 6.32. The molecule has 0 aliphatic heterocycles. The van der Waals surface area contributed by atoms with Crippen LogP contribution >= 0.6 is 0 Å². The van der Waals surface area contributed by atoms with Gasteiger partial charge in [-0.1, -0.05) is 20.3 Å². The molecule has 1 aromatic rings. The van der Waals surface area contributed by atoms with Crippen molar-refractivity contribution in [2.45, 2.75) is 51.6 Å². The molecule has 1 aliphatic carbocycles. The van der Waals surface area contributed by atoms with E-state index in [9.17, 15) is 0 Å². The second-order valence-electron chi connectivity index (χ2n) is 5.42. The molecule has 102 valence electrons. The molecule has 2 rings (SSSR count). The molecule has 1 heterocycles. The molecule has 0 radical (unpaired) electrons. The summed E-state index contributed by atoms with van der Waals surface area (Å²) in [4.78, 5) is 2.50. The van der Waals surface area contributed by atoms with Gasteiger partial charge in [0.05, 0.1) is 12.3 Å².